The number of aliphatic carboxylic acids is 1. The number of nitrogens with zero attached hydrogens (tertiary/aromatic N) is 1. The lowest BCUT2D eigenvalue weighted by atomic mass is 9.82. The van der Waals surface area contributed by atoms with Gasteiger partial charge in [0.15, 0.2) is 5.71 Å². The molecule has 1 rings (SSSR count). The zero-order chi connectivity index (χ0) is 23.1. The molecule has 9 nitrogen and oxygen atoms in total. The first-order valence-corrected chi connectivity index (χ1v) is 9.60. The summed E-state index contributed by atoms with van der Waals surface area (Å²) in [5, 5.41) is 16.6. The molecule has 172 valence electrons. The van der Waals surface area contributed by atoms with Crippen LogP contribution in [-0.4, -0.2) is 53.3 Å². The number of halogens is 3. The molecule has 0 aromatic rings. The second-order valence-electron chi connectivity index (χ2n) is 8.24. The highest BCUT2D eigenvalue weighted by Gasteiger charge is 2.40. The fraction of sp³-hybridized carbons (Fsp3) is 0.778. The van der Waals surface area contributed by atoms with Crippen LogP contribution in [0.25, 0.3) is 0 Å². The number of urea groups is 1. The van der Waals surface area contributed by atoms with Gasteiger partial charge in [0.1, 0.15) is 5.60 Å². The summed E-state index contributed by atoms with van der Waals surface area (Å²) in [6.07, 6.45) is -3.75. The molecule has 1 atom stereocenters. The summed E-state index contributed by atoms with van der Waals surface area (Å²) in [5.74, 6) is -1.19. The van der Waals surface area contributed by atoms with Crippen LogP contribution in [0, 0.1) is 11.8 Å². The van der Waals surface area contributed by atoms with Gasteiger partial charge in [-0.1, -0.05) is 0 Å². The molecule has 0 heterocycles. The number of nitrogens with one attached hydrogen (secondary N) is 3. The molecule has 1 aliphatic carbocycles. The minimum absolute atomic E-state index is 0.0465. The van der Waals surface area contributed by atoms with Crippen molar-refractivity contribution in [1.29, 1.82) is 0 Å². The van der Waals surface area contributed by atoms with Gasteiger partial charge in [-0.15, -0.1) is 0 Å². The van der Waals surface area contributed by atoms with E-state index in [2.05, 4.69) is 10.4 Å². The number of carboxylic acids is 1. The van der Waals surface area contributed by atoms with E-state index >= 15 is 0 Å². The van der Waals surface area contributed by atoms with Crippen LogP contribution < -0.4 is 16.1 Å². The minimum Gasteiger partial charge on any atom is -0.481 e. The molecule has 1 aliphatic rings. The number of hydrazone groups is 1. The molecule has 0 saturated heterocycles. The average molecular weight is 438 g/mol. The Balaban J connectivity index is 2.58. The maximum Gasteiger partial charge on any atom is 0.433 e. The Kier molecular flexibility index (Phi) is 8.91. The second-order valence-corrected chi connectivity index (χ2v) is 8.24. The van der Waals surface area contributed by atoms with Crippen LogP contribution in [0.3, 0.4) is 0 Å². The maximum atomic E-state index is 13.2. The number of ether oxygens (including phenoxy) is 1. The van der Waals surface area contributed by atoms with E-state index in [1.165, 1.54) is 0 Å². The molecule has 4 N–H and O–H groups in total. The van der Waals surface area contributed by atoms with Crippen LogP contribution in [0.15, 0.2) is 5.10 Å². The van der Waals surface area contributed by atoms with E-state index in [9.17, 15) is 27.6 Å². The molecule has 1 unspecified atom stereocenters. The zero-order valence-corrected chi connectivity index (χ0v) is 17.4. The number of hydrogen-bond acceptors (Lipinski definition) is 5. The lowest BCUT2D eigenvalue weighted by Crippen LogP contribution is -2.48. The van der Waals surface area contributed by atoms with Gasteiger partial charge in [0.25, 0.3) is 0 Å². The number of alkyl carbamates (subject to hydrolysis) is 1. The van der Waals surface area contributed by atoms with Crippen LogP contribution in [0.5, 0.6) is 0 Å². The number of alkyl halides is 3. The summed E-state index contributed by atoms with van der Waals surface area (Å²) in [4.78, 5) is 34.4. The molecular weight excluding hydrogens is 409 g/mol. The summed E-state index contributed by atoms with van der Waals surface area (Å²) < 4.78 is 44.7. The Morgan fingerprint density at radius 3 is 2.17 bits per heavy atom. The van der Waals surface area contributed by atoms with E-state index in [-0.39, 0.29) is 12.5 Å². The van der Waals surface area contributed by atoms with Crippen LogP contribution in [0.2, 0.25) is 0 Å². The molecule has 0 aliphatic heterocycles. The summed E-state index contributed by atoms with van der Waals surface area (Å²) >= 11 is 0. The Hall–Kier alpha value is -2.53. The van der Waals surface area contributed by atoms with E-state index in [0.717, 1.165) is 6.92 Å². The van der Waals surface area contributed by atoms with Gasteiger partial charge in [-0.3, -0.25) is 4.79 Å². The Bertz CT molecular complexity index is 653. The molecule has 0 radical (unpaired) electrons. The van der Waals surface area contributed by atoms with E-state index in [1.807, 2.05) is 5.32 Å². The molecular formula is C18H29F3N4O5. The van der Waals surface area contributed by atoms with Crippen molar-refractivity contribution in [3.05, 3.63) is 0 Å². The van der Waals surface area contributed by atoms with E-state index in [0.29, 0.717) is 25.7 Å². The normalized spacial score (nSPS) is 21.4. The third-order valence-corrected chi connectivity index (χ3v) is 4.46. The number of hydrogen-bond donors (Lipinski definition) is 4. The van der Waals surface area contributed by atoms with Crippen molar-refractivity contribution in [3.63, 3.8) is 0 Å². The van der Waals surface area contributed by atoms with Crippen molar-refractivity contribution in [2.75, 3.05) is 6.54 Å². The summed E-state index contributed by atoms with van der Waals surface area (Å²) in [7, 11) is 0. The first-order chi connectivity index (χ1) is 13.7. The van der Waals surface area contributed by atoms with Crippen LogP contribution in [-0.2, 0) is 9.53 Å². The van der Waals surface area contributed by atoms with Crippen molar-refractivity contribution in [2.24, 2.45) is 16.9 Å². The standard InChI is InChI=1S/C18H29F3N4O5/c1-10(23-16(29)30-17(2,3)4)13(18(19,20)21)24-25-15(28)22-9-11-5-7-12(8-6-11)14(26)27/h10-12H,5-9H2,1-4H3,(H,23,29)(H,26,27)(H2,22,25,28)/b24-13+. The number of carbonyl (C=O) groups is 3. The van der Waals surface area contributed by atoms with Crippen LogP contribution in [0.1, 0.15) is 53.4 Å². The summed E-state index contributed by atoms with van der Waals surface area (Å²) in [6, 6.07) is -2.49. The predicted molar refractivity (Wildman–Crippen MR) is 102 cm³/mol. The van der Waals surface area contributed by atoms with E-state index in [4.69, 9.17) is 9.84 Å². The molecule has 1 fully saturated rings. The molecule has 3 amide bonds. The third kappa shape index (κ3) is 9.31. The number of amides is 3. The van der Waals surface area contributed by atoms with Crippen molar-refractivity contribution in [2.45, 2.75) is 71.2 Å². The van der Waals surface area contributed by atoms with E-state index in [1.54, 1.807) is 26.2 Å². The minimum atomic E-state index is -4.89. The van der Waals surface area contributed by atoms with Crippen molar-refractivity contribution in [3.8, 4) is 0 Å². The summed E-state index contributed by atoms with van der Waals surface area (Å²) in [5.41, 5.74) is -0.496. The van der Waals surface area contributed by atoms with Gasteiger partial charge in [0.05, 0.1) is 12.0 Å². The second kappa shape index (κ2) is 10.5. The fourth-order valence-corrected chi connectivity index (χ4v) is 2.96. The largest absolute Gasteiger partial charge is 0.481 e. The van der Waals surface area contributed by atoms with Gasteiger partial charge < -0.3 is 20.5 Å². The molecule has 0 spiro atoms. The Morgan fingerprint density at radius 1 is 1.13 bits per heavy atom. The summed E-state index contributed by atoms with van der Waals surface area (Å²) in [6.45, 7) is 5.96. The quantitative estimate of drug-likeness (QED) is 0.374. The smallest absolute Gasteiger partial charge is 0.433 e. The Morgan fingerprint density at radius 2 is 1.70 bits per heavy atom. The van der Waals surface area contributed by atoms with Gasteiger partial charge in [-0.25, -0.2) is 15.0 Å². The van der Waals surface area contributed by atoms with Gasteiger partial charge in [-0.2, -0.15) is 18.3 Å². The van der Waals surface area contributed by atoms with Crippen molar-refractivity contribution < 1.29 is 37.4 Å². The fourth-order valence-electron chi connectivity index (χ4n) is 2.96. The topological polar surface area (TPSA) is 129 Å². The van der Waals surface area contributed by atoms with E-state index < -0.39 is 47.5 Å². The maximum absolute atomic E-state index is 13.2. The van der Waals surface area contributed by atoms with Gasteiger partial charge >= 0.3 is 24.3 Å². The molecule has 0 aromatic carbocycles. The molecule has 0 bridgehead atoms. The Labute approximate surface area is 172 Å². The highest BCUT2D eigenvalue weighted by molar-refractivity contribution is 5.96. The van der Waals surface area contributed by atoms with Crippen molar-refractivity contribution in [1.82, 2.24) is 16.1 Å². The molecule has 0 aromatic heterocycles. The van der Waals surface area contributed by atoms with Gasteiger partial charge in [-0.05, 0) is 59.3 Å². The SMILES string of the molecule is CC(NC(=O)OC(C)(C)C)/C(=N\NC(=O)NCC1CCC(C(=O)O)CC1)C(F)(F)F. The van der Waals surface area contributed by atoms with Crippen LogP contribution in [0.4, 0.5) is 22.8 Å². The number of rotatable bonds is 6. The highest BCUT2D eigenvalue weighted by atomic mass is 19.4. The molecule has 12 heteroatoms. The third-order valence-electron chi connectivity index (χ3n) is 4.46. The lowest BCUT2D eigenvalue weighted by molar-refractivity contribution is -0.143. The first-order valence-electron chi connectivity index (χ1n) is 9.60. The first kappa shape index (κ1) is 25.5. The molecule has 1 saturated carbocycles. The predicted octanol–water partition coefficient (Wildman–Crippen LogP) is 3.01. The van der Waals surface area contributed by atoms with Gasteiger partial charge in [0.2, 0.25) is 0 Å². The zero-order valence-electron chi connectivity index (χ0n) is 17.4. The van der Waals surface area contributed by atoms with Crippen LogP contribution >= 0.6 is 0 Å². The lowest BCUT2D eigenvalue weighted by Gasteiger charge is -2.26. The van der Waals surface area contributed by atoms with Crippen molar-refractivity contribution >= 4 is 23.8 Å². The number of carbonyl (C=O) groups excluding carboxylic acids is 2. The average Bonchev–Trinajstić information content (AvgIpc) is 2.57. The number of carboxylic acid groups (broad SMARTS) is 1. The van der Waals surface area contributed by atoms with Gasteiger partial charge in [0, 0.05) is 6.54 Å². The monoisotopic (exact) mass is 438 g/mol. The highest BCUT2D eigenvalue weighted by Crippen LogP contribution is 2.28. The molecule has 30 heavy (non-hydrogen) atoms.